The fourth-order valence-electron chi connectivity index (χ4n) is 4.53. The van der Waals surface area contributed by atoms with Crippen molar-refractivity contribution in [1.82, 2.24) is 9.55 Å². The highest BCUT2D eigenvalue weighted by molar-refractivity contribution is 9.10. The Labute approximate surface area is 159 Å². The third kappa shape index (κ3) is 3.84. The second kappa shape index (κ2) is 8.03. The average Bonchev–Trinajstić information content (AvgIpc) is 2.60. The molecule has 1 aromatic heterocycles. The highest BCUT2D eigenvalue weighted by atomic mass is 79.9. The molecule has 0 unspecified atom stereocenters. The maximum absolute atomic E-state index is 13.1. The SMILES string of the molecule is CCC[C@@H](c1nc2ccc(Br)cc2c(=O)n1CC)[C@@H]1CCC[C@@H](C)C1. The summed E-state index contributed by atoms with van der Waals surface area (Å²) in [6, 6.07) is 5.85. The summed E-state index contributed by atoms with van der Waals surface area (Å²) >= 11 is 3.48. The number of fused-ring (bicyclic) bond motifs is 1. The van der Waals surface area contributed by atoms with Gasteiger partial charge in [0.25, 0.3) is 5.56 Å². The van der Waals surface area contributed by atoms with Gasteiger partial charge >= 0.3 is 0 Å². The van der Waals surface area contributed by atoms with E-state index in [-0.39, 0.29) is 5.56 Å². The van der Waals surface area contributed by atoms with Crippen molar-refractivity contribution in [1.29, 1.82) is 0 Å². The van der Waals surface area contributed by atoms with Crippen LogP contribution in [0.3, 0.4) is 0 Å². The normalized spacial score (nSPS) is 22.2. The van der Waals surface area contributed by atoms with Gasteiger partial charge in [0, 0.05) is 16.9 Å². The zero-order valence-corrected chi connectivity index (χ0v) is 17.2. The molecule has 2 aromatic rings. The molecule has 0 amide bonds. The van der Waals surface area contributed by atoms with Gasteiger partial charge < -0.3 is 0 Å². The Morgan fingerprint density at radius 1 is 1.32 bits per heavy atom. The fraction of sp³-hybridized carbons (Fsp3) is 0.619. The van der Waals surface area contributed by atoms with Crippen LogP contribution in [-0.2, 0) is 6.54 Å². The number of rotatable bonds is 5. The molecule has 1 aromatic carbocycles. The van der Waals surface area contributed by atoms with Gasteiger partial charge in [-0.1, -0.05) is 49.0 Å². The summed E-state index contributed by atoms with van der Waals surface area (Å²) < 4.78 is 2.86. The topological polar surface area (TPSA) is 34.9 Å². The summed E-state index contributed by atoms with van der Waals surface area (Å²) in [4.78, 5) is 18.1. The van der Waals surface area contributed by atoms with E-state index in [1.54, 1.807) is 0 Å². The lowest BCUT2D eigenvalue weighted by Crippen LogP contribution is -2.30. The summed E-state index contributed by atoms with van der Waals surface area (Å²) in [6.45, 7) is 7.36. The van der Waals surface area contributed by atoms with Gasteiger partial charge in [-0.3, -0.25) is 9.36 Å². The quantitative estimate of drug-likeness (QED) is 0.622. The molecule has 0 bridgehead atoms. The molecule has 136 valence electrons. The van der Waals surface area contributed by atoms with E-state index >= 15 is 0 Å². The minimum atomic E-state index is 0.105. The first-order valence-corrected chi connectivity index (χ1v) is 10.5. The monoisotopic (exact) mass is 404 g/mol. The van der Waals surface area contributed by atoms with E-state index < -0.39 is 0 Å². The van der Waals surface area contributed by atoms with E-state index in [0.29, 0.717) is 23.8 Å². The summed E-state index contributed by atoms with van der Waals surface area (Å²) in [5.41, 5.74) is 0.937. The van der Waals surface area contributed by atoms with Gasteiger partial charge in [0.1, 0.15) is 5.82 Å². The summed E-state index contributed by atoms with van der Waals surface area (Å²) in [7, 11) is 0. The zero-order valence-electron chi connectivity index (χ0n) is 15.6. The van der Waals surface area contributed by atoms with Crippen molar-refractivity contribution in [2.75, 3.05) is 0 Å². The van der Waals surface area contributed by atoms with Crippen molar-refractivity contribution in [3.05, 3.63) is 38.9 Å². The van der Waals surface area contributed by atoms with Crippen LogP contribution in [0, 0.1) is 11.8 Å². The number of nitrogens with zero attached hydrogens (tertiary/aromatic N) is 2. The van der Waals surface area contributed by atoms with E-state index in [4.69, 9.17) is 4.98 Å². The molecule has 1 aliphatic rings. The Morgan fingerprint density at radius 2 is 2.12 bits per heavy atom. The number of aromatic nitrogens is 2. The Balaban J connectivity index is 2.13. The van der Waals surface area contributed by atoms with Crippen LogP contribution in [0.4, 0.5) is 0 Å². The molecule has 0 radical (unpaired) electrons. The third-order valence-corrected chi connectivity index (χ3v) is 6.23. The molecule has 25 heavy (non-hydrogen) atoms. The van der Waals surface area contributed by atoms with E-state index in [1.165, 1.54) is 25.7 Å². The largest absolute Gasteiger partial charge is 0.296 e. The van der Waals surface area contributed by atoms with E-state index in [2.05, 4.69) is 36.7 Å². The fourth-order valence-corrected chi connectivity index (χ4v) is 4.89. The van der Waals surface area contributed by atoms with Crippen LogP contribution in [0.5, 0.6) is 0 Å². The van der Waals surface area contributed by atoms with Gasteiger partial charge in [-0.2, -0.15) is 0 Å². The Bertz CT molecular complexity index is 798. The molecular formula is C21H29BrN2O. The highest BCUT2D eigenvalue weighted by Crippen LogP contribution is 2.40. The van der Waals surface area contributed by atoms with Crippen molar-refractivity contribution in [2.45, 2.75) is 71.8 Å². The van der Waals surface area contributed by atoms with Crippen LogP contribution >= 0.6 is 15.9 Å². The Kier molecular flexibility index (Phi) is 5.98. The van der Waals surface area contributed by atoms with Crippen molar-refractivity contribution in [3.63, 3.8) is 0 Å². The molecular weight excluding hydrogens is 376 g/mol. The Hall–Kier alpha value is -1.16. The van der Waals surface area contributed by atoms with Crippen LogP contribution in [-0.4, -0.2) is 9.55 Å². The number of benzene rings is 1. The Morgan fingerprint density at radius 3 is 2.80 bits per heavy atom. The van der Waals surface area contributed by atoms with Gasteiger partial charge in [0.2, 0.25) is 0 Å². The lowest BCUT2D eigenvalue weighted by molar-refractivity contribution is 0.229. The van der Waals surface area contributed by atoms with Gasteiger partial charge in [-0.25, -0.2) is 4.98 Å². The van der Waals surface area contributed by atoms with Gasteiger partial charge in [-0.05, 0) is 56.2 Å². The van der Waals surface area contributed by atoms with Crippen molar-refractivity contribution >= 4 is 26.8 Å². The first-order chi connectivity index (χ1) is 12.0. The predicted molar refractivity (Wildman–Crippen MR) is 108 cm³/mol. The maximum Gasteiger partial charge on any atom is 0.261 e. The summed E-state index contributed by atoms with van der Waals surface area (Å²) in [5, 5.41) is 0.715. The molecule has 0 saturated heterocycles. The number of hydrogen-bond acceptors (Lipinski definition) is 2. The minimum Gasteiger partial charge on any atom is -0.296 e. The van der Waals surface area contributed by atoms with Crippen LogP contribution in [0.1, 0.15) is 71.0 Å². The van der Waals surface area contributed by atoms with Crippen LogP contribution in [0.2, 0.25) is 0 Å². The van der Waals surface area contributed by atoms with Crippen molar-refractivity contribution < 1.29 is 0 Å². The van der Waals surface area contributed by atoms with Crippen LogP contribution in [0.15, 0.2) is 27.5 Å². The molecule has 0 N–H and O–H groups in total. The lowest BCUT2D eigenvalue weighted by Gasteiger charge is -2.34. The van der Waals surface area contributed by atoms with E-state index in [9.17, 15) is 4.79 Å². The van der Waals surface area contributed by atoms with Crippen LogP contribution in [0.25, 0.3) is 10.9 Å². The maximum atomic E-state index is 13.1. The highest BCUT2D eigenvalue weighted by Gasteiger charge is 2.30. The smallest absolute Gasteiger partial charge is 0.261 e. The van der Waals surface area contributed by atoms with Gasteiger partial charge in [0.05, 0.1) is 10.9 Å². The second-order valence-corrected chi connectivity index (χ2v) is 8.52. The molecule has 3 atom stereocenters. The third-order valence-electron chi connectivity index (χ3n) is 5.74. The first kappa shape index (κ1) is 18.6. The standard InChI is InChI=1S/C21H29BrN2O/c1-4-7-17(15-9-6-8-14(3)12-15)20-23-19-11-10-16(22)13-18(19)21(25)24(20)5-2/h10-11,13-15,17H,4-9,12H2,1-3H3/t14-,15-,17-/m1/s1. The lowest BCUT2D eigenvalue weighted by atomic mass is 9.74. The molecule has 1 saturated carbocycles. The van der Waals surface area contributed by atoms with Crippen molar-refractivity contribution in [2.24, 2.45) is 11.8 Å². The summed E-state index contributed by atoms with van der Waals surface area (Å²) in [6.07, 6.45) is 7.44. The molecule has 3 nitrogen and oxygen atoms in total. The van der Waals surface area contributed by atoms with Crippen LogP contribution < -0.4 is 5.56 Å². The molecule has 4 heteroatoms. The molecule has 1 fully saturated rings. The molecule has 1 heterocycles. The molecule has 0 aliphatic heterocycles. The first-order valence-electron chi connectivity index (χ1n) is 9.75. The summed E-state index contributed by atoms with van der Waals surface area (Å²) in [5.74, 6) is 2.86. The van der Waals surface area contributed by atoms with Crippen molar-refractivity contribution in [3.8, 4) is 0 Å². The minimum absolute atomic E-state index is 0.105. The second-order valence-electron chi connectivity index (χ2n) is 7.61. The van der Waals surface area contributed by atoms with E-state index in [1.807, 2.05) is 22.8 Å². The molecule has 1 aliphatic carbocycles. The van der Waals surface area contributed by atoms with E-state index in [0.717, 1.165) is 34.6 Å². The van der Waals surface area contributed by atoms with Gasteiger partial charge in [0.15, 0.2) is 0 Å². The molecule has 0 spiro atoms. The predicted octanol–water partition coefficient (Wildman–Crippen LogP) is 5.89. The van der Waals surface area contributed by atoms with Gasteiger partial charge in [-0.15, -0.1) is 0 Å². The number of halogens is 1. The average molecular weight is 405 g/mol. The molecule has 3 rings (SSSR count). The zero-order chi connectivity index (χ0) is 18.0. The number of hydrogen-bond donors (Lipinski definition) is 0.